The van der Waals surface area contributed by atoms with Gasteiger partial charge in [-0.05, 0) is 12.1 Å². The van der Waals surface area contributed by atoms with E-state index in [1.165, 1.54) is 5.39 Å². The fraction of sp³-hybridized carbons (Fsp3) is 0.0769. The van der Waals surface area contributed by atoms with Crippen LogP contribution in [-0.4, -0.2) is 16.7 Å². The number of benzene rings is 1. The lowest BCUT2D eigenvalue weighted by Crippen LogP contribution is -1.97. The number of para-hydroxylation sites is 1. The highest BCUT2D eigenvalue weighted by Gasteiger charge is 2.13. The van der Waals surface area contributed by atoms with Crippen LogP contribution in [0.1, 0.15) is 11.3 Å². The molecule has 0 radical (unpaired) electrons. The highest BCUT2D eigenvalue weighted by molar-refractivity contribution is 5.95. The highest BCUT2D eigenvalue weighted by atomic mass is 16.3. The molecule has 0 saturated heterocycles. The minimum absolute atomic E-state index is 0.0223. The number of rotatable bonds is 1. The largest absolute Gasteiger partial charge is 0.392 e. The van der Waals surface area contributed by atoms with E-state index in [0.717, 1.165) is 22.3 Å². The van der Waals surface area contributed by atoms with Gasteiger partial charge in [-0.15, -0.1) is 0 Å². The van der Waals surface area contributed by atoms with Gasteiger partial charge in [-0.1, -0.05) is 18.2 Å². The second-order valence-corrected chi connectivity index (χ2v) is 3.79. The first-order valence-electron chi connectivity index (χ1n) is 5.24. The van der Waals surface area contributed by atoms with Crippen molar-refractivity contribution in [1.82, 2.24) is 10.3 Å². The lowest BCUT2D eigenvalue weighted by molar-refractivity contribution is 0.349. The van der Waals surface area contributed by atoms with Crippen molar-refractivity contribution in [1.29, 1.82) is 0 Å². The van der Waals surface area contributed by atoms with Crippen LogP contribution in [0.5, 0.6) is 0 Å². The van der Waals surface area contributed by atoms with E-state index in [2.05, 4.69) is 16.4 Å². The third-order valence-electron chi connectivity index (χ3n) is 2.84. The average molecular weight is 212 g/mol. The van der Waals surface area contributed by atoms with Gasteiger partial charge in [0, 0.05) is 34.4 Å². The Labute approximate surface area is 93.1 Å². The summed E-state index contributed by atoms with van der Waals surface area (Å²) in [6, 6.07) is 8.14. The molecule has 0 aliphatic carbocycles. The molecule has 2 aromatic rings. The number of aliphatic hydroxyl groups is 1. The molecule has 0 unspecified atom stereocenters. The van der Waals surface area contributed by atoms with Crippen molar-refractivity contribution in [2.24, 2.45) is 0 Å². The molecule has 3 N–H and O–H groups in total. The summed E-state index contributed by atoms with van der Waals surface area (Å²) in [6.45, 7) is 0.0223. The number of nitrogens with one attached hydrogen (secondary N) is 2. The van der Waals surface area contributed by atoms with Crippen LogP contribution in [0.3, 0.4) is 0 Å². The molecule has 0 saturated carbocycles. The monoisotopic (exact) mass is 212 g/mol. The van der Waals surface area contributed by atoms with Gasteiger partial charge in [0.25, 0.3) is 0 Å². The Kier molecular flexibility index (Phi) is 2.04. The van der Waals surface area contributed by atoms with Crippen molar-refractivity contribution >= 4 is 22.6 Å². The Hall–Kier alpha value is -2.00. The molecule has 2 heterocycles. The average Bonchev–Trinajstić information content (AvgIpc) is 2.56. The van der Waals surface area contributed by atoms with Gasteiger partial charge in [0.2, 0.25) is 0 Å². The summed E-state index contributed by atoms with van der Waals surface area (Å²) in [4.78, 5) is 3.34. The number of hydrogen-bond acceptors (Lipinski definition) is 2. The van der Waals surface area contributed by atoms with E-state index in [9.17, 15) is 5.11 Å². The van der Waals surface area contributed by atoms with Crippen LogP contribution in [0.2, 0.25) is 0 Å². The van der Waals surface area contributed by atoms with E-state index in [1.54, 1.807) is 0 Å². The molecule has 0 fully saturated rings. The number of H-pyrrole nitrogens is 1. The third kappa shape index (κ3) is 1.26. The van der Waals surface area contributed by atoms with Crippen LogP contribution in [0.15, 0.2) is 36.7 Å². The van der Waals surface area contributed by atoms with E-state index < -0.39 is 0 Å². The van der Waals surface area contributed by atoms with Gasteiger partial charge in [-0.2, -0.15) is 0 Å². The quantitative estimate of drug-likeness (QED) is 0.677. The van der Waals surface area contributed by atoms with Gasteiger partial charge in [-0.3, -0.25) is 0 Å². The smallest absolute Gasteiger partial charge is 0.0716 e. The topological polar surface area (TPSA) is 48.0 Å². The van der Waals surface area contributed by atoms with Crippen LogP contribution in [-0.2, 0) is 0 Å². The molecule has 1 aliphatic heterocycles. The summed E-state index contributed by atoms with van der Waals surface area (Å²) in [6.07, 6.45) is 5.72. The zero-order valence-electron chi connectivity index (χ0n) is 8.70. The minimum Gasteiger partial charge on any atom is -0.392 e. The summed E-state index contributed by atoms with van der Waals surface area (Å²) in [5, 5.41) is 13.5. The van der Waals surface area contributed by atoms with Gasteiger partial charge in [0.05, 0.1) is 12.3 Å². The summed E-state index contributed by atoms with van der Waals surface area (Å²) in [7, 11) is 0. The van der Waals surface area contributed by atoms with Crippen molar-refractivity contribution in [3.05, 3.63) is 47.9 Å². The molecule has 3 rings (SSSR count). The minimum atomic E-state index is 0.0223. The second-order valence-electron chi connectivity index (χ2n) is 3.79. The molecule has 0 amide bonds. The molecular formula is C13H12N2O. The Bertz CT molecular complexity index is 593. The normalized spacial score (nSPS) is 14.2. The van der Waals surface area contributed by atoms with Gasteiger partial charge >= 0.3 is 0 Å². The van der Waals surface area contributed by atoms with Crippen LogP contribution in [0, 0.1) is 0 Å². The predicted molar refractivity (Wildman–Crippen MR) is 65.5 cm³/mol. The van der Waals surface area contributed by atoms with Crippen molar-refractivity contribution < 1.29 is 5.11 Å². The van der Waals surface area contributed by atoms with Crippen molar-refractivity contribution in [3.8, 4) is 0 Å². The summed E-state index contributed by atoms with van der Waals surface area (Å²) in [5.41, 5.74) is 4.08. The molecule has 0 bridgehead atoms. The second kappa shape index (κ2) is 3.54. The summed E-state index contributed by atoms with van der Waals surface area (Å²) < 4.78 is 0. The maximum absolute atomic E-state index is 9.33. The van der Waals surface area contributed by atoms with Gasteiger partial charge in [0.15, 0.2) is 0 Å². The van der Waals surface area contributed by atoms with Crippen LogP contribution < -0.4 is 5.32 Å². The van der Waals surface area contributed by atoms with E-state index in [0.29, 0.717) is 0 Å². The Morgan fingerprint density at radius 1 is 1.19 bits per heavy atom. The fourth-order valence-electron chi connectivity index (χ4n) is 2.07. The first-order valence-corrected chi connectivity index (χ1v) is 5.24. The van der Waals surface area contributed by atoms with E-state index in [-0.39, 0.29) is 6.61 Å². The van der Waals surface area contributed by atoms with Crippen LogP contribution >= 0.6 is 0 Å². The molecule has 3 nitrogen and oxygen atoms in total. The maximum Gasteiger partial charge on any atom is 0.0716 e. The molecular weight excluding hydrogens is 200 g/mol. The SMILES string of the molecule is OCC1=CNC=Cc2c1[nH]c1ccccc21. The number of aromatic amines is 1. The van der Waals surface area contributed by atoms with Gasteiger partial charge < -0.3 is 15.4 Å². The number of aliphatic hydroxyl groups excluding tert-OH is 1. The highest BCUT2D eigenvalue weighted by Crippen LogP contribution is 2.29. The number of fused-ring (bicyclic) bond motifs is 3. The van der Waals surface area contributed by atoms with Gasteiger partial charge in [0.1, 0.15) is 0 Å². The van der Waals surface area contributed by atoms with E-state index in [4.69, 9.17) is 0 Å². The first kappa shape index (κ1) is 9.24. The molecule has 80 valence electrons. The fourth-order valence-corrected chi connectivity index (χ4v) is 2.07. The Morgan fingerprint density at radius 2 is 2.06 bits per heavy atom. The van der Waals surface area contributed by atoms with Crippen molar-refractivity contribution in [3.63, 3.8) is 0 Å². The lowest BCUT2D eigenvalue weighted by atomic mass is 10.1. The molecule has 1 aromatic carbocycles. The van der Waals surface area contributed by atoms with E-state index in [1.807, 2.05) is 36.7 Å². The van der Waals surface area contributed by atoms with Crippen LogP contribution in [0.25, 0.3) is 22.6 Å². The van der Waals surface area contributed by atoms with Crippen molar-refractivity contribution in [2.45, 2.75) is 0 Å². The van der Waals surface area contributed by atoms with Crippen molar-refractivity contribution in [2.75, 3.05) is 6.61 Å². The standard InChI is InChI=1S/C13H12N2O/c16-8-9-7-14-6-5-11-10-3-1-2-4-12(10)15-13(9)11/h1-7,14-16H,8H2. The Morgan fingerprint density at radius 3 is 2.94 bits per heavy atom. The lowest BCUT2D eigenvalue weighted by Gasteiger charge is -2.00. The molecule has 1 aromatic heterocycles. The number of hydrogen-bond donors (Lipinski definition) is 3. The molecule has 1 aliphatic rings. The maximum atomic E-state index is 9.33. The summed E-state index contributed by atoms with van der Waals surface area (Å²) in [5.74, 6) is 0. The Balaban J connectivity index is 2.34. The van der Waals surface area contributed by atoms with Gasteiger partial charge in [-0.25, -0.2) is 0 Å². The molecule has 0 atom stereocenters. The van der Waals surface area contributed by atoms with E-state index >= 15 is 0 Å². The molecule has 3 heteroatoms. The zero-order chi connectivity index (χ0) is 11.0. The molecule has 16 heavy (non-hydrogen) atoms. The first-order chi connectivity index (χ1) is 7.90. The third-order valence-corrected chi connectivity index (χ3v) is 2.84. The zero-order valence-corrected chi connectivity index (χ0v) is 8.70. The predicted octanol–water partition coefficient (Wildman–Crippen LogP) is 2.08. The number of aromatic nitrogens is 1. The molecule has 0 spiro atoms. The van der Waals surface area contributed by atoms with Crippen LogP contribution in [0.4, 0.5) is 0 Å². The summed E-state index contributed by atoms with van der Waals surface area (Å²) >= 11 is 0.